The molecule has 0 heterocycles. The minimum Gasteiger partial charge on any atom is -0.457 e. The number of benzene rings is 2. The van der Waals surface area contributed by atoms with Gasteiger partial charge in [-0.1, -0.05) is 24.6 Å². The van der Waals surface area contributed by atoms with Gasteiger partial charge in [0.1, 0.15) is 11.5 Å². The lowest BCUT2D eigenvalue weighted by molar-refractivity contribution is 0.472. The number of hydrogen-bond acceptors (Lipinski definition) is 3. The van der Waals surface area contributed by atoms with Crippen molar-refractivity contribution < 1.29 is 4.74 Å². The molecule has 0 amide bonds. The Morgan fingerprint density at radius 1 is 1.10 bits per heavy atom. The molecule has 1 N–H and O–H groups in total. The van der Waals surface area contributed by atoms with E-state index >= 15 is 0 Å². The SMILES string of the molecule is CCNCc1cc(C)ccc1Oc1ccc(SC)cc1. The van der Waals surface area contributed by atoms with E-state index in [2.05, 4.69) is 49.7 Å². The Bertz CT molecular complexity index is 551. The Kier molecular flexibility index (Phi) is 5.50. The van der Waals surface area contributed by atoms with E-state index in [9.17, 15) is 0 Å². The van der Waals surface area contributed by atoms with E-state index in [-0.39, 0.29) is 0 Å². The lowest BCUT2D eigenvalue weighted by Gasteiger charge is -2.12. The van der Waals surface area contributed by atoms with Gasteiger partial charge in [-0.25, -0.2) is 0 Å². The quantitative estimate of drug-likeness (QED) is 0.783. The van der Waals surface area contributed by atoms with E-state index in [1.54, 1.807) is 11.8 Å². The second-order valence-corrected chi connectivity index (χ2v) is 5.55. The third kappa shape index (κ3) is 4.02. The van der Waals surface area contributed by atoms with Crippen molar-refractivity contribution in [3.8, 4) is 11.5 Å². The first-order chi connectivity index (χ1) is 9.72. The molecule has 2 aromatic carbocycles. The molecule has 2 rings (SSSR count). The smallest absolute Gasteiger partial charge is 0.131 e. The van der Waals surface area contributed by atoms with E-state index in [4.69, 9.17) is 4.74 Å². The van der Waals surface area contributed by atoms with Crippen LogP contribution in [-0.2, 0) is 6.54 Å². The summed E-state index contributed by atoms with van der Waals surface area (Å²) in [4.78, 5) is 1.24. The second kappa shape index (κ2) is 7.36. The van der Waals surface area contributed by atoms with E-state index in [0.29, 0.717) is 0 Å². The van der Waals surface area contributed by atoms with Crippen molar-refractivity contribution in [1.29, 1.82) is 0 Å². The zero-order valence-corrected chi connectivity index (χ0v) is 13.1. The molecule has 0 aliphatic heterocycles. The highest BCUT2D eigenvalue weighted by molar-refractivity contribution is 7.98. The summed E-state index contributed by atoms with van der Waals surface area (Å²) in [6, 6.07) is 14.5. The molecular weight excluding hydrogens is 266 g/mol. The predicted octanol–water partition coefficient (Wildman–Crippen LogP) is 4.62. The van der Waals surface area contributed by atoms with Gasteiger partial charge in [0.25, 0.3) is 0 Å². The first kappa shape index (κ1) is 14.9. The van der Waals surface area contributed by atoms with Crippen LogP contribution < -0.4 is 10.1 Å². The molecule has 3 heteroatoms. The van der Waals surface area contributed by atoms with Gasteiger partial charge in [-0.05, 0) is 50.1 Å². The molecule has 0 radical (unpaired) electrons. The molecule has 0 atom stereocenters. The van der Waals surface area contributed by atoms with Crippen molar-refractivity contribution in [2.75, 3.05) is 12.8 Å². The van der Waals surface area contributed by atoms with Gasteiger partial charge in [0.05, 0.1) is 0 Å². The van der Waals surface area contributed by atoms with Crippen LogP contribution in [0.3, 0.4) is 0 Å². The highest BCUT2D eigenvalue weighted by Gasteiger charge is 2.05. The van der Waals surface area contributed by atoms with Gasteiger partial charge in [0.2, 0.25) is 0 Å². The first-order valence-corrected chi connectivity index (χ1v) is 8.07. The van der Waals surface area contributed by atoms with Gasteiger partial charge in [-0.15, -0.1) is 11.8 Å². The van der Waals surface area contributed by atoms with Crippen LogP contribution in [0.25, 0.3) is 0 Å². The maximum absolute atomic E-state index is 6.01. The standard InChI is InChI=1S/C17H21NOS/c1-4-18-12-14-11-13(2)5-10-17(14)19-15-6-8-16(20-3)9-7-15/h5-11,18H,4,12H2,1-3H3. The Hall–Kier alpha value is -1.45. The summed E-state index contributed by atoms with van der Waals surface area (Å²) >= 11 is 1.73. The fourth-order valence-corrected chi connectivity index (χ4v) is 2.38. The van der Waals surface area contributed by atoms with Crippen molar-refractivity contribution in [3.63, 3.8) is 0 Å². The molecule has 0 aliphatic carbocycles. The molecule has 0 aliphatic rings. The van der Waals surface area contributed by atoms with Crippen molar-refractivity contribution in [1.82, 2.24) is 5.32 Å². The van der Waals surface area contributed by atoms with Gasteiger partial charge in [-0.2, -0.15) is 0 Å². The van der Waals surface area contributed by atoms with Crippen LogP contribution in [-0.4, -0.2) is 12.8 Å². The van der Waals surface area contributed by atoms with Gasteiger partial charge in [0.15, 0.2) is 0 Å². The summed E-state index contributed by atoms with van der Waals surface area (Å²) in [5.41, 5.74) is 2.45. The molecule has 0 bridgehead atoms. The molecule has 106 valence electrons. The Balaban J connectivity index is 2.18. The highest BCUT2D eigenvalue weighted by Crippen LogP contribution is 2.27. The Morgan fingerprint density at radius 3 is 2.50 bits per heavy atom. The van der Waals surface area contributed by atoms with Crippen molar-refractivity contribution in [2.45, 2.75) is 25.3 Å². The molecule has 0 aromatic heterocycles. The van der Waals surface area contributed by atoms with E-state index in [0.717, 1.165) is 24.6 Å². The van der Waals surface area contributed by atoms with Crippen LogP contribution in [0.5, 0.6) is 11.5 Å². The molecule has 20 heavy (non-hydrogen) atoms. The second-order valence-electron chi connectivity index (χ2n) is 4.67. The van der Waals surface area contributed by atoms with Gasteiger partial charge >= 0.3 is 0 Å². The van der Waals surface area contributed by atoms with Crippen LogP contribution in [0, 0.1) is 6.92 Å². The monoisotopic (exact) mass is 287 g/mol. The summed E-state index contributed by atoms with van der Waals surface area (Å²) in [5.74, 6) is 1.80. The van der Waals surface area contributed by atoms with Gasteiger partial charge in [0, 0.05) is 17.0 Å². The molecule has 2 aromatic rings. The van der Waals surface area contributed by atoms with Crippen LogP contribution in [0.2, 0.25) is 0 Å². The van der Waals surface area contributed by atoms with E-state index in [1.165, 1.54) is 16.0 Å². The highest BCUT2D eigenvalue weighted by atomic mass is 32.2. The molecule has 0 saturated heterocycles. The summed E-state index contributed by atoms with van der Waals surface area (Å²) in [6.07, 6.45) is 2.07. The maximum Gasteiger partial charge on any atom is 0.131 e. The van der Waals surface area contributed by atoms with Crippen molar-refractivity contribution >= 4 is 11.8 Å². The topological polar surface area (TPSA) is 21.3 Å². The van der Waals surface area contributed by atoms with Gasteiger partial charge in [-0.3, -0.25) is 0 Å². The lowest BCUT2D eigenvalue weighted by Crippen LogP contribution is -2.12. The van der Waals surface area contributed by atoms with Crippen LogP contribution in [0.4, 0.5) is 0 Å². The summed E-state index contributed by atoms with van der Waals surface area (Å²) in [7, 11) is 0. The molecule has 0 fully saturated rings. The maximum atomic E-state index is 6.01. The largest absolute Gasteiger partial charge is 0.457 e. The number of rotatable bonds is 6. The van der Waals surface area contributed by atoms with Crippen molar-refractivity contribution in [2.24, 2.45) is 0 Å². The molecule has 0 spiro atoms. The number of thioether (sulfide) groups is 1. The third-order valence-electron chi connectivity index (χ3n) is 3.07. The zero-order chi connectivity index (χ0) is 14.4. The normalized spacial score (nSPS) is 10.6. The predicted molar refractivity (Wildman–Crippen MR) is 86.9 cm³/mol. The van der Waals surface area contributed by atoms with E-state index < -0.39 is 0 Å². The minimum atomic E-state index is 0.830. The van der Waals surface area contributed by atoms with E-state index in [1.807, 2.05) is 18.2 Å². The van der Waals surface area contributed by atoms with Gasteiger partial charge < -0.3 is 10.1 Å². The Morgan fingerprint density at radius 2 is 1.85 bits per heavy atom. The zero-order valence-electron chi connectivity index (χ0n) is 12.3. The molecule has 2 nitrogen and oxygen atoms in total. The fourth-order valence-electron chi connectivity index (χ4n) is 1.98. The molecule has 0 saturated carbocycles. The summed E-state index contributed by atoms with van der Waals surface area (Å²) in [6.45, 7) is 6.00. The average molecular weight is 287 g/mol. The Labute approximate surface area is 125 Å². The lowest BCUT2D eigenvalue weighted by atomic mass is 10.1. The number of hydrogen-bond donors (Lipinski definition) is 1. The summed E-state index contributed by atoms with van der Waals surface area (Å²) in [5, 5.41) is 3.35. The first-order valence-electron chi connectivity index (χ1n) is 6.85. The minimum absolute atomic E-state index is 0.830. The average Bonchev–Trinajstić information content (AvgIpc) is 2.48. The number of aryl methyl sites for hydroxylation is 1. The van der Waals surface area contributed by atoms with Crippen LogP contribution >= 0.6 is 11.8 Å². The summed E-state index contributed by atoms with van der Waals surface area (Å²) < 4.78 is 6.01. The fraction of sp³-hybridized carbons (Fsp3) is 0.294. The van der Waals surface area contributed by atoms with Crippen molar-refractivity contribution in [3.05, 3.63) is 53.6 Å². The molecular formula is C17H21NOS. The third-order valence-corrected chi connectivity index (χ3v) is 3.81. The number of ether oxygens (including phenoxy) is 1. The molecule has 0 unspecified atom stereocenters. The van der Waals surface area contributed by atoms with Crippen LogP contribution in [0.15, 0.2) is 47.4 Å². The number of nitrogens with one attached hydrogen (secondary N) is 1. The van der Waals surface area contributed by atoms with Crippen LogP contribution in [0.1, 0.15) is 18.1 Å².